The van der Waals surface area contributed by atoms with Crippen molar-refractivity contribution in [2.24, 2.45) is 0 Å². The molecular formula is C9H15NO3S. The van der Waals surface area contributed by atoms with Crippen LogP contribution in [0.15, 0.2) is 11.4 Å². The van der Waals surface area contributed by atoms with Gasteiger partial charge in [-0.2, -0.15) is 0 Å². The topological polar surface area (TPSA) is 72.7 Å². The summed E-state index contributed by atoms with van der Waals surface area (Å²) in [6.45, 7) is 0.310. The van der Waals surface area contributed by atoms with Crippen LogP contribution in [-0.2, 0) is 6.61 Å². The average molecular weight is 217 g/mol. The third kappa shape index (κ3) is 2.76. The van der Waals surface area contributed by atoms with Gasteiger partial charge in [0.15, 0.2) is 0 Å². The molecule has 0 saturated carbocycles. The third-order valence-corrected chi connectivity index (χ3v) is 2.89. The van der Waals surface area contributed by atoms with Gasteiger partial charge in [-0.05, 0) is 24.1 Å². The Morgan fingerprint density at radius 3 is 2.71 bits per heavy atom. The van der Waals surface area contributed by atoms with Crippen molar-refractivity contribution in [3.05, 3.63) is 21.9 Å². The lowest BCUT2D eigenvalue weighted by Crippen LogP contribution is -2.29. The molecule has 1 aromatic heterocycles. The summed E-state index contributed by atoms with van der Waals surface area (Å²) in [6, 6.07) is 1.70. The highest BCUT2D eigenvalue weighted by molar-refractivity contribution is 7.10. The fourth-order valence-electron chi connectivity index (χ4n) is 1.18. The van der Waals surface area contributed by atoms with Crippen molar-refractivity contribution in [1.29, 1.82) is 0 Å². The summed E-state index contributed by atoms with van der Waals surface area (Å²) in [6.07, 6.45) is -1.71. The van der Waals surface area contributed by atoms with E-state index in [1.165, 1.54) is 11.3 Å². The minimum Gasteiger partial charge on any atom is -0.391 e. The lowest BCUT2D eigenvalue weighted by atomic mass is 10.1. The minimum atomic E-state index is -0.890. The van der Waals surface area contributed by atoms with Gasteiger partial charge in [-0.25, -0.2) is 0 Å². The van der Waals surface area contributed by atoms with Crippen molar-refractivity contribution in [3.8, 4) is 0 Å². The fourth-order valence-corrected chi connectivity index (χ4v) is 1.95. The average Bonchev–Trinajstić information content (AvgIpc) is 2.65. The standard InChI is InChI=1S/C9H15NO3S/c1-10-3-8(12)9(13)6-2-7(4-11)14-5-6/h2,5,8-13H,3-4H2,1H3. The number of likely N-dealkylation sites (N-methyl/N-ethyl adjacent to an activating group) is 1. The summed E-state index contributed by atoms with van der Waals surface area (Å²) >= 11 is 1.37. The normalized spacial score (nSPS) is 15.4. The van der Waals surface area contributed by atoms with Gasteiger partial charge in [0.1, 0.15) is 6.10 Å². The molecule has 4 nitrogen and oxygen atoms in total. The second-order valence-corrected chi connectivity index (χ2v) is 4.07. The van der Waals surface area contributed by atoms with Crippen molar-refractivity contribution in [1.82, 2.24) is 5.32 Å². The molecule has 0 amide bonds. The van der Waals surface area contributed by atoms with Crippen LogP contribution in [0.25, 0.3) is 0 Å². The number of aliphatic hydroxyl groups excluding tert-OH is 3. The number of hydrogen-bond acceptors (Lipinski definition) is 5. The van der Waals surface area contributed by atoms with Crippen LogP contribution in [0.4, 0.5) is 0 Å². The lowest BCUT2D eigenvalue weighted by Gasteiger charge is -2.15. The van der Waals surface area contributed by atoms with Crippen LogP contribution in [0.5, 0.6) is 0 Å². The summed E-state index contributed by atoms with van der Waals surface area (Å²) in [5.74, 6) is 0. The van der Waals surface area contributed by atoms with Crippen molar-refractivity contribution >= 4 is 11.3 Å². The quantitative estimate of drug-likeness (QED) is 0.553. The van der Waals surface area contributed by atoms with Crippen LogP contribution in [-0.4, -0.2) is 35.0 Å². The van der Waals surface area contributed by atoms with Gasteiger partial charge >= 0.3 is 0 Å². The minimum absolute atomic E-state index is 0.0283. The Bertz CT molecular complexity index is 277. The zero-order valence-corrected chi connectivity index (χ0v) is 8.79. The zero-order valence-electron chi connectivity index (χ0n) is 7.97. The maximum atomic E-state index is 9.66. The molecule has 1 heterocycles. The molecule has 0 aromatic carbocycles. The van der Waals surface area contributed by atoms with E-state index in [0.29, 0.717) is 12.1 Å². The smallest absolute Gasteiger partial charge is 0.107 e. The molecule has 0 radical (unpaired) electrons. The van der Waals surface area contributed by atoms with E-state index in [-0.39, 0.29) is 6.61 Å². The Morgan fingerprint density at radius 2 is 2.21 bits per heavy atom. The molecule has 0 saturated heterocycles. The number of hydrogen-bond donors (Lipinski definition) is 4. The van der Waals surface area contributed by atoms with E-state index in [1.54, 1.807) is 18.5 Å². The van der Waals surface area contributed by atoms with Gasteiger partial charge in [-0.1, -0.05) is 0 Å². The molecule has 0 bridgehead atoms. The van der Waals surface area contributed by atoms with Crippen LogP contribution >= 0.6 is 11.3 Å². The van der Waals surface area contributed by atoms with Gasteiger partial charge in [0.2, 0.25) is 0 Å². The molecule has 14 heavy (non-hydrogen) atoms. The Morgan fingerprint density at radius 1 is 1.50 bits per heavy atom. The van der Waals surface area contributed by atoms with E-state index in [2.05, 4.69) is 5.32 Å². The highest BCUT2D eigenvalue weighted by Gasteiger charge is 2.18. The first-order chi connectivity index (χ1) is 6.69. The van der Waals surface area contributed by atoms with Crippen LogP contribution < -0.4 is 5.32 Å². The van der Waals surface area contributed by atoms with E-state index in [9.17, 15) is 10.2 Å². The van der Waals surface area contributed by atoms with E-state index in [1.807, 2.05) is 0 Å². The van der Waals surface area contributed by atoms with Crippen molar-refractivity contribution in [2.75, 3.05) is 13.6 Å². The van der Waals surface area contributed by atoms with Gasteiger partial charge in [0.25, 0.3) is 0 Å². The number of nitrogens with one attached hydrogen (secondary N) is 1. The second kappa shape index (κ2) is 5.43. The van der Waals surface area contributed by atoms with Crippen LogP contribution in [0.1, 0.15) is 16.5 Å². The summed E-state index contributed by atoms with van der Waals surface area (Å²) < 4.78 is 0. The Labute approximate surface area is 86.8 Å². The Kier molecular flexibility index (Phi) is 4.50. The zero-order chi connectivity index (χ0) is 10.6. The molecule has 0 aliphatic rings. The lowest BCUT2D eigenvalue weighted by molar-refractivity contribution is 0.0204. The van der Waals surface area contributed by atoms with Gasteiger partial charge in [-0.15, -0.1) is 11.3 Å². The summed E-state index contributed by atoms with van der Waals surface area (Å²) in [4.78, 5) is 0.788. The largest absolute Gasteiger partial charge is 0.391 e. The molecule has 2 unspecified atom stereocenters. The predicted octanol–water partition coefficient (Wildman–Crippen LogP) is -0.146. The molecule has 1 rings (SSSR count). The number of rotatable bonds is 5. The fraction of sp³-hybridized carbons (Fsp3) is 0.556. The number of aliphatic hydroxyl groups is 3. The summed E-state index contributed by atoms with van der Waals surface area (Å²) in [5, 5.41) is 32.5. The molecule has 0 fully saturated rings. The van der Waals surface area contributed by atoms with Crippen molar-refractivity contribution in [2.45, 2.75) is 18.8 Å². The number of thiophene rings is 1. The second-order valence-electron chi connectivity index (χ2n) is 3.07. The van der Waals surface area contributed by atoms with Crippen LogP contribution in [0, 0.1) is 0 Å². The highest BCUT2D eigenvalue weighted by atomic mass is 32.1. The van der Waals surface area contributed by atoms with Crippen LogP contribution in [0.3, 0.4) is 0 Å². The Balaban J connectivity index is 2.63. The van der Waals surface area contributed by atoms with E-state index in [4.69, 9.17) is 5.11 Å². The van der Waals surface area contributed by atoms with Gasteiger partial charge in [0.05, 0.1) is 12.7 Å². The first-order valence-electron chi connectivity index (χ1n) is 4.38. The van der Waals surface area contributed by atoms with Crippen LogP contribution in [0.2, 0.25) is 0 Å². The molecule has 2 atom stereocenters. The molecule has 0 aliphatic carbocycles. The van der Waals surface area contributed by atoms with Gasteiger partial charge in [-0.3, -0.25) is 0 Å². The maximum Gasteiger partial charge on any atom is 0.107 e. The van der Waals surface area contributed by atoms with E-state index in [0.717, 1.165) is 4.88 Å². The Hall–Kier alpha value is -0.460. The van der Waals surface area contributed by atoms with Crippen molar-refractivity contribution in [3.63, 3.8) is 0 Å². The third-order valence-electron chi connectivity index (χ3n) is 1.95. The summed E-state index contributed by atoms with van der Waals surface area (Å²) in [5.41, 5.74) is 0.654. The van der Waals surface area contributed by atoms with E-state index < -0.39 is 12.2 Å². The predicted molar refractivity (Wildman–Crippen MR) is 55.1 cm³/mol. The SMILES string of the molecule is CNCC(O)C(O)c1csc(CO)c1. The first kappa shape index (κ1) is 11.6. The first-order valence-corrected chi connectivity index (χ1v) is 5.26. The molecular weight excluding hydrogens is 202 g/mol. The molecule has 1 aromatic rings. The summed E-state index contributed by atoms with van der Waals surface area (Å²) in [7, 11) is 1.71. The molecule has 0 spiro atoms. The van der Waals surface area contributed by atoms with Crippen molar-refractivity contribution < 1.29 is 15.3 Å². The monoisotopic (exact) mass is 217 g/mol. The maximum absolute atomic E-state index is 9.66. The van der Waals surface area contributed by atoms with E-state index >= 15 is 0 Å². The molecule has 5 heteroatoms. The molecule has 0 aliphatic heterocycles. The molecule has 80 valence electrons. The van der Waals surface area contributed by atoms with Gasteiger partial charge in [0, 0.05) is 11.4 Å². The highest BCUT2D eigenvalue weighted by Crippen LogP contribution is 2.23. The van der Waals surface area contributed by atoms with Gasteiger partial charge < -0.3 is 20.6 Å². The molecule has 4 N–H and O–H groups in total.